The highest BCUT2D eigenvalue weighted by Gasteiger charge is 2.18. The molecule has 140 valence electrons. The first-order valence-corrected chi connectivity index (χ1v) is 10.9. The van der Waals surface area contributed by atoms with Crippen LogP contribution in [0.3, 0.4) is 0 Å². The van der Waals surface area contributed by atoms with Crippen molar-refractivity contribution in [3.63, 3.8) is 0 Å². The Labute approximate surface area is 166 Å². The number of carbonyl (C=O) groups excluding carboxylic acids is 1. The third kappa shape index (κ3) is 4.31. The smallest absolute Gasteiger partial charge is 0.230 e. The molecule has 1 aliphatic heterocycles. The molecule has 4 rings (SSSR count). The van der Waals surface area contributed by atoms with Crippen LogP contribution in [0.4, 0.5) is 0 Å². The van der Waals surface area contributed by atoms with Gasteiger partial charge in [-0.2, -0.15) is 0 Å². The van der Waals surface area contributed by atoms with Gasteiger partial charge in [-0.25, -0.2) is 9.97 Å². The number of carbonyl (C=O) groups is 1. The molecule has 0 spiro atoms. The molecule has 5 nitrogen and oxygen atoms in total. The lowest BCUT2D eigenvalue weighted by Gasteiger charge is -2.22. The topological polar surface area (TPSA) is 64.1 Å². The molecule has 0 atom stereocenters. The maximum Gasteiger partial charge on any atom is 0.230 e. The molecule has 0 radical (unpaired) electrons. The second-order valence-electron chi connectivity index (χ2n) is 6.62. The fourth-order valence-electron chi connectivity index (χ4n) is 3.15. The van der Waals surface area contributed by atoms with Gasteiger partial charge >= 0.3 is 0 Å². The fourth-order valence-corrected chi connectivity index (χ4v) is 4.95. The Balaban J connectivity index is 1.52. The Bertz CT molecular complexity index is 934. The van der Waals surface area contributed by atoms with Crippen molar-refractivity contribution in [3.8, 4) is 11.1 Å². The van der Waals surface area contributed by atoms with Crippen molar-refractivity contribution in [2.75, 3.05) is 19.0 Å². The van der Waals surface area contributed by atoms with E-state index >= 15 is 0 Å². The van der Waals surface area contributed by atoms with Gasteiger partial charge < -0.3 is 10.1 Å². The molecular formula is C20H21N3O2S2. The molecule has 1 amide bonds. The molecule has 2 aromatic heterocycles. The zero-order valence-electron chi connectivity index (χ0n) is 15.1. The van der Waals surface area contributed by atoms with Crippen molar-refractivity contribution in [3.05, 3.63) is 41.5 Å². The van der Waals surface area contributed by atoms with Crippen LogP contribution in [-0.4, -0.2) is 40.9 Å². The first kappa shape index (κ1) is 18.4. The number of aryl methyl sites for hydroxylation is 1. The SMILES string of the molecule is Cc1ccc(-c2csc3ncnc(SCC(=O)NC4CCOCC4)c23)cc1. The minimum absolute atomic E-state index is 0.0470. The van der Waals surface area contributed by atoms with Crippen LogP contribution in [0.25, 0.3) is 21.3 Å². The summed E-state index contributed by atoms with van der Waals surface area (Å²) in [5.74, 6) is 0.401. The molecule has 3 aromatic rings. The van der Waals surface area contributed by atoms with Crippen LogP contribution >= 0.6 is 23.1 Å². The number of hydrogen-bond donors (Lipinski definition) is 1. The van der Waals surface area contributed by atoms with Gasteiger partial charge in [0.15, 0.2) is 0 Å². The second-order valence-corrected chi connectivity index (χ2v) is 8.44. The quantitative estimate of drug-likeness (QED) is 0.518. The summed E-state index contributed by atoms with van der Waals surface area (Å²) in [6.45, 7) is 3.52. The summed E-state index contributed by atoms with van der Waals surface area (Å²) in [6, 6.07) is 8.68. The van der Waals surface area contributed by atoms with Crippen LogP contribution in [0.5, 0.6) is 0 Å². The predicted molar refractivity (Wildman–Crippen MR) is 110 cm³/mol. The molecule has 3 heterocycles. The molecule has 0 aliphatic carbocycles. The van der Waals surface area contributed by atoms with Crippen molar-refractivity contribution in [2.24, 2.45) is 0 Å². The van der Waals surface area contributed by atoms with Crippen molar-refractivity contribution in [1.29, 1.82) is 0 Å². The number of amides is 1. The summed E-state index contributed by atoms with van der Waals surface area (Å²) in [5.41, 5.74) is 3.51. The zero-order chi connectivity index (χ0) is 18.6. The number of benzene rings is 1. The normalized spacial score (nSPS) is 15.1. The monoisotopic (exact) mass is 399 g/mol. The van der Waals surface area contributed by atoms with E-state index in [-0.39, 0.29) is 11.9 Å². The number of aromatic nitrogens is 2. The number of thioether (sulfide) groups is 1. The number of thiophene rings is 1. The van der Waals surface area contributed by atoms with E-state index in [1.54, 1.807) is 17.7 Å². The van der Waals surface area contributed by atoms with Gasteiger partial charge in [-0.3, -0.25) is 4.79 Å². The van der Waals surface area contributed by atoms with E-state index in [9.17, 15) is 4.79 Å². The van der Waals surface area contributed by atoms with Gasteiger partial charge in [-0.15, -0.1) is 11.3 Å². The third-order valence-corrected chi connectivity index (χ3v) is 6.50. The van der Waals surface area contributed by atoms with Crippen LogP contribution in [0.15, 0.2) is 41.0 Å². The lowest BCUT2D eigenvalue weighted by molar-refractivity contribution is -0.119. The van der Waals surface area contributed by atoms with Gasteiger partial charge in [-0.1, -0.05) is 41.6 Å². The Hall–Kier alpha value is -1.96. The highest BCUT2D eigenvalue weighted by molar-refractivity contribution is 8.00. The predicted octanol–water partition coefficient (Wildman–Crippen LogP) is 4.05. The highest BCUT2D eigenvalue weighted by atomic mass is 32.2. The first-order chi connectivity index (χ1) is 13.2. The maximum atomic E-state index is 12.3. The Morgan fingerprint density at radius 2 is 2.04 bits per heavy atom. The third-order valence-electron chi connectivity index (χ3n) is 4.62. The van der Waals surface area contributed by atoms with Crippen LogP contribution in [0, 0.1) is 6.92 Å². The Morgan fingerprint density at radius 1 is 1.26 bits per heavy atom. The summed E-state index contributed by atoms with van der Waals surface area (Å²) in [4.78, 5) is 22.2. The molecule has 1 N–H and O–H groups in total. The Kier molecular flexibility index (Phi) is 5.71. The van der Waals surface area contributed by atoms with Gasteiger partial charge in [0, 0.05) is 30.2 Å². The zero-order valence-corrected chi connectivity index (χ0v) is 16.7. The largest absolute Gasteiger partial charge is 0.381 e. The van der Waals surface area contributed by atoms with Crippen LogP contribution in [0.2, 0.25) is 0 Å². The standard InChI is InChI=1S/C20H21N3O2S2/c1-13-2-4-14(5-3-13)16-10-26-19-18(16)20(22-12-21-19)27-11-17(24)23-15-6-8-25-9-7-15/h2-5,10,12,15H,6-9,11H2,1H3,(H,23,24). The van der Waals surface area contributed by atoms with E-state index in [4.69, 9.17) is 4.74 Å². The lowest BCUT2D eigenvalue weighted by atomic mass is 10.1. The van der Waals surface area contributed by atoms with E-state index in [2.05, 4.69) is 51.9 Å². The average molecular weight is 400 g/mol. The average Bonchev–Trinajstić information content (AvgIpc) is 3.12. The number of hydrogen-bond acceptors (Lipinski definition) is 6. The summed E-state index contributed by atoms with van der Waals surface area (Å²) in [6.07, 6.45) is 3.35. The van der Waals surface area contributed by atoms with Crippen molar-refractivity contribution >= 4 is 39.2 Å². The second kappa shape index (κ2) is 8.37. The Morgan fingerprint density at radius 3 is 2.81 bits per heavy atom. The molecule has 1 fully saturated rings. The number of nitrogens with zero attached hydrogens (tertiary/aromatic N) is 2. The number of ether oxygens (including phenoxy) is 1. The number of fused-ring (bicyclic) bond motifs is 1. The van der Waals surface area contributed by atoms with E-state index < -0.39 is 0 Å². The van der Waals surface area contributed by atoms with Crippen molar-refractivity contribution < 1.29 is 9.53 Å². The summed E-state index contributed by atoms with van der Waals surface area (Å²) >= 11 is 3.09. The van der Waals surface area contributed by atoms with Crippen LogP contribution in [0.1, 0.15) is 18.4 Å². The molecule has 0 bridgehead atoms. The molecule has 7 heteroatoms. The molecule has 1 aliphatic rings. The van der Waals surface area contributed by atoms with E-state index in [0.717, 1.165) is 52.4 Å². The molecule has 1 aromatic carbocycles. The molecular weight excluding hydrogens is 378 g/mol. The van der Waals surface area contributed by atoms with E-state index in [1.165, 1.54) is 17.3 Å². The minimum Gasteiger partial charge on any atom is -0.381 e. The number of nitrogens with one attached hydrogen (secondary N) is 1. The van der Waals surface area contributed by atoms with Gasteiger partial charge in [0.05, 0.1) is 11.1 Å². The van der Waals surface area contributed by atoms with E-state index in [0.29, 0.717) is 5.75 Å². The van der Waals surface area contributed by atoms with Crippen molar-refractivity contribution in [1.82, 2.24) is 15.3 Å². The summed E-state index contributed by atoms with van der Waals surface area (Å²) in [7, 11) is 0. The highest BCUT2D eigenvalue weighted by Crippen LogP contribution is 2.37. The van der Waals surface area contributed by atoms with Crippen LogP contribution in [-0.2, 0) is 9.53 Å². The molecule has 1 saturated heterocycles. The summed E-state index contributed by atoms with van der Waals surface area (Å²) < 4.78 is 5.34. The van der Waals surface area contributed by atoms with Gasteiger partial charge in [0.25, 0.3) is 0 Å². The first-order valence-electron chi connectivity index (χ1n) is 9.00. The van der Waals surface area contributed by atoms with Crippen molar-refractivity contribution in [2.45, 2.75) is 30.8 Å². The maximum absolute atomic E-state index is 12.3. The van der Waals surface area contributed by atoms with Crippen LogP contribution < -0.4 is 5.32 Å². The van der Waals surface area contributed by atoms with Gasteiger partial charge in [0.2, 0.25) is 5.91 Å². The van der Waals surface area contributed by atoms with Gasteiger partial charge in [-0.05, 0) is 25.3 Å². The summed E-state index contributed by atoms with van der Waals surface area (Å²) in [5, 5.41) is 7.12. The minimum atomic E-state index is 0.0470. The molecule has 27 heavy (non-hydrogen) atoms. The molecule has 0 saturated carbocycles. The number of rotatable bonds is 5. The fraction of sp³-hybridized carbons (Fsp3) is 0.350. The van der Waals surface area contributed by atoms with Gasteiger partial charge in [0.1, 0.15) is 16.2 Å². The molecule has 0 unspecified atom stereocenters. The lowest BCUT2D eigenvalue weighted by Crippen LogP contribution is -2.39. The van der Waals surface area contributed by atoms with E-state index in [1.807, 2.05) is 0 Å².